The van der Waals surface area contributed by atoms with Crippen molar-refractivity contribution in [2.24, 2.45) is 5.92 Å². The molecule has 6 nitrogen and oxygen atoms in total. The molecule has 1 aliphatic heterocycles. The van der Waals surface area contributed by atoms with Crippen molar-refractivity contribution in [1.82, 2.24) is 20.3 Å². The van der Waals surface area contributed by atoms with Gasteiger partial charge in [-0.3, -0.25) is 9.78 Å². The van der Waals surface area contributed by atoms with Gasteiger partial charge in [0.2, 0.25) is 5.91 Å². The van der Waals surface area contributed by atoms with Crippen LogP contribution >= 0.6 is 0 Å². The largest absolute Gasteiger partial charge is 0.370 e. The topological polar surface area (TPSA) is 71.0 Å². The molecule has 0 spiro atoms. The van der Waals surface area contributed by atoms with Crippen molar-refractivity contribution in [3.05, 3.63) is 60.6 Å². The Balaban J connectivity index is 1.36. The molecule has 1 atom stereocenters. The molecule has 1 aromatic carbocycles. The third-order valence-corrected chi connectivity index (χ3v) is 5.20. The third kappa shape index (κ3) is 3.89. The van der Waals surface area contributed by atoms with E-state index < -0.39 is 0 Å². The molecule has 1 aliphatic rings. The molecule has 0 aliphatic carbocycles. The summed E-state index contributed by atoms with van der Waals surface area (Å²) < 4.78 is 0. The van der Waals surface area contributed by atoms with Gasteiger partial charge in [-0.25, -0.2) is 9.97 Å². The van der Waals surface area contributed by atoms with E-state index in [-0.39, 0.29) is 17.9 Å². The zero-order valence-corrected chi connectivity index (χ0v) is 15.4. The van der Waals surface area contributed by atoms with Crippen LogP contribution in [0.25, 0.3) is 11.2 Å². The number of carbonyl (C=O) groups excluding carboxylic acids is 1. The molecule has 0 radical (unpaired) electrons. The van der Waals surface area contributed by atoms with E-state index in [1.165, 1.54) is 0 Å². The maximum atomic E-state index is 12.6. The third-order valence-electron chi connectivity index (χ3n) is 5.20. The van der Waals surface area contributed by atoms with Crippen LogP contribution in [-0.2, 0) is 4.79 Å². The molecule has 6 heteroatoms. The Morgan fingerprint density at radius 3 is 2.63 bits per heavy atom. The number of rotatable bonds is 4. The number of nitrogens with zero attached hydrogens (tertiary/aromatic N) is 4. The number of anilines is 1. The van der Waals surface area contributed by atoms with E-state index in [4.69, 9.17) is 0 Å². The number of nitrogens with one attached hydrogen (secondary N) is 1. The van der Waals surface area contributed by atoms with Crippen LogP contribution < -0.4 is 10.2 Å². The highest BCUT2D eigenvalue weighted by Crippen LogP contribution is 2.25. The Bertz CT molecular complexity index is 922. The SMILES string of the molecule is C[C@@H](NC(=O)C1CCN(c2cnc3nccnc3c2)CC1)c1ccccc1. The Morgan fingerprint density at radius 2 is 1.85 bits per heavy atom. The first kappa shape index (κ1) is 17.4. The lowest BCUT2D eigenvalue weighted by molar-refractivity contribution is -0.126. The standard InChI is InChI=1S/C21H23N5O/c1-15(16-5-3-2-4-6-16)25-21(27)17-7-11-26(12-8-17)18-13-19-20(24-14-18)23-10-9-22-19/h2-6,9-10,13-15,17H,7-8,11-12H2,1H3,(H,25,27)/t15-/m1/s1. The van der Waals surface area contributed by atoms with Crippen molar-refractivity contribution in [3.8, 4) is 0 Å². The molecule has 3 heterocycles. The summed E-state index contributed by atoms with van der Waals surface area (Å²) in [6.45, 7) is 3.71. The quantitative estimate of drug-likeness (QED) is 0.773. The summed E-state index contributed by atoms with van der Waals surface area (Å²) in [7, 11) is 0. The van der Waals surface area contributed by atoms with Crippen LogP contribution in [0, 0.1) is 5.92 Å². The Labute approximate surface area is 158 Å². The van der Waals surface area contributed by atoms with Gasteiger partial charge in [-0.05, 0) is 31.4 Å². The molecule has 1 N–H and O–H groups in total. The number of fused-ring (bicyclic) bond motifs is 1. The number of benzene rings is 1. The Hall–Kier alpha value is -3.02. The lowest BCUT2D eigenvalue weighted by Crippen LogP contribution is -2.41. The van der Waals surface area contributed by atoms with Crippen LogP contribution in [0.1, 0.15) is 31.4 Å². The molecule has 2 aromatic heterocycles. The van der Waals surface area contributed by atoms with Gasteiger partial charge < -0.3 is 10.2 Å². The molecule has 0 bridgehead atoms. The predicted octanol–water partition coefficient (Wildman–Crippen LogP) is 3.12. The fourth-order valence-corrected chi connectivity index (χ4v) is 3.58. The van der Waals surface area contributed by atoms with E-state index >= 15 is 0 Å². The summed E-state index contributed by atoms with van der Waals surface area (Å²) in [6.07, 6.45) is 6.85. The number of amides is 1. The number of carbonyl (C=O) groups is 1. The monoisotopic (exact) mass is 361 g/mol. The summed E-state index contributed by atoms with van der Waals surface area (Å²) in [5.41, 5.74) is 3.63. The van der Waals surface area contributed by atoms with Gasteiger partial charge in [0.25, 0.3) is 0 Å². The smallest absolute Gasteiger partial charge is 0.223 e. The van der Waals surface area contributed by atoms with Crippen molar-refractivity contribution >= 4 is 22.8 Å². The van der Waals surface area contributed by atoms with Crippen LogP contribution in [0.5, 0.6) is 0 Å². The van der Waals surface area contributed by atoms with Crippen LogP contribution in [0.4, 0.5) is 5.69 Å². The number of pyridine rings is 1. The normalized spacial score (nSPS) is 16.3. The van der Waals surface area contributed by atoms with Gasteiger partial charge in [-0.1, -0.05) is 30.3 Å². The first-order valence-electron chi connectivity index (χ1n) is 9.38. The van der Waals surface area contributed by atoms with Gasteiger partial charge in [0.15, 0.2) is 5.65 Å². The minimum absolute atomic E-state index is 0.0278. The molecular formula is C21H23N5O. The lowest BCUT2D eigenvalue weighted by Gasteiger charge is -2.33. The lowest BCUT2D eigenvalue weighted by atomic mass is 9.95. The number of hydrogen-bond donors (Lipinski definition) is 1. The molecule has 27 heavy (non-hydrogen) atoms. The fraction of sp³-hybridized carbons (Fsp3) is 0.333. The van der Waals surface area contributed by atoms with Gasteiger partial charge in [0.05, 0.1) is 17.9 Å². The van der Waals surface area contributed by atoms with Crippen molar-refractivity contribution in [2.75, 3.05) is 18.0 Å². The van der Waals surface area contributed by atoms with Crippen LogP contribution in [0.3, 0.4) is 0 Å². The summed E-state index contributed by atoms with van der Waals surface area (Å²) in [5.74, 6) is 0.203. The van der Waals surface area contributed by atoms with Crippen molar-refractivity contribution in [2.45, 2.75) is 25.8 Å². The molecule has 138 valence electrons. The maximum Gasteiger partial charge on any atom is 0.223 e. The minimum atomic E-state index is 0.0278. The van der Waals surface area contributed by atoms with E-state index in [2.05, 4.69) is 25.2 Å². The summed E-state index contributed by atoms with van der Waals surface area (Å²) in [6, 6.07) is 12.1. The van der Waals surface area contributed by atoms with Gasteiger partial charge in [0.1, 0.15) is 5.52 Å². The first-order valence-corrected chi connectivity index (χ1v) is 9.38. The zero-order chi connectivity index (χ0) is 18.6. The van der Waals surface area contributed by atoms with Crippen molar-refractivity contribution in [3.63, 3.8) is 0 Å². The maximum absolute atomic E-state index is 12.6. The van der Waals surface area contributed by atoms with E-state index in [0.717, 1.165) is 42.7 Å². The second-order valence-corrected chi connectivity index (χ2v) is 6.99. The van der Waals surface area contributed by atoms with Crippen molar-refractivity contribution < 1.29 is 4.79 Å². The Morgan fingerprint density at radius 1 is 1.11 bits per heavy atom. The first-order chi connectivity index (χ1) is 13.2. The molecule has 0 saturated carbocycles. The van der Waals surface area contributed by atoms with Gasteiger partial charge >= 0.3 is 0 Å². The number of aromatic nitrogens is 3. The molecule has 4 rings (SSSR count). The van der Waals surface area contributed by atoms with E-state index in [0.29, 0.717) is 5.65 Å². The molecule has 3 aromatic rings. The van der Waals surface area contributed by atoms with Gasteiger partial charge in [0, 0.05) is 31.4 Å². The highest BCUT2D eigenvalue weighted by Gasteiger charge is 2.26. The number of piperidine rings is 1. The van der Waals surface area contributed by atoms with Gasteiger partial charge in [-0.15, -0.1) is 0 Å². The van der Waals surface area contributed by atoms with Crippen molar-refractivity contribution in [1.29, 1.82) is 0 Å². The molecular weight excluding hydrogens is 338 g/mol. The fourth-order valence-electron chi connectivity index (χ4n) is 3.58. The second-order valence-electron chi connectivity index (χ2n) is 6.99. The van der Waals surface area contributed by atoms with Crippen LogP contribution in [-0.4, -0.2) is 33.9 Å². The molecule has 1 amide bonds. The van der Waals surface area contributed by atoms with E-state index in [1.54, 1.807) is 12.4 Å². The minimum Gasteiger partial charge on any atom is -0.370 e. The van der Waals surface area contributed by atoms with Crippen LogP contribution in [0.15, 0.2) is 55.0 Å². The second kappa shape index (κ2) is 7.70. The van der Waals surface area contributed by atoms with Gasteiger partial charge in [-0.2, -0.15) is 0 Å². The average molecular weight is 361 g/mol. The summed E-state index contributed by atoms with van der Waals surface area (Å²) in [4.78, 5) is 27.8. The van der Waals surface area contributed by atoms with E-state index in [9.17, 15) is 4.79 Å². The highest BCUT2D eigenvalue weighted by molar-refractivity contribution is 5.79. The molecule has 1 saturated heterocycles. The highest BCUT2D eigenvalue weighted by atomic mass is 16.1. The zero-order valence-electron chi connectivity index (χ0n) is 15.4. The predicted molar refractivity (Wildman–Crippen MR) is 105 cm³/mol. The van der Waals surface area contributed by atoms with E-state index in [1.807, 2.05) is 49.5 Å². The Kier molecular flexibility index (Phi) is 4.96. The van der Waals surface area contributed by atoms with Crippen LogP contribution in [0.2, 0.25) is 0 Å². The molecule has 1 fully saturated rings. The molecule has 0 unspecified atom stereocenters. The average Bonchev–Trinajstić information content (AvgIpc) is 2.74. The summed E-state index contributed by atoms with van der Waals surface area (Å²) >= 11 is 0. The number of hydrogen-bond acceptors (Lipinski definition) is 5. The summed E-state index contributed by atoms with van der Waals surface area (Å²) in [5, 5.41) is 3.16.